The fourth-order valence-electron chi connectivity index (χ4n) is 1.67. The van der Waals surface area contributed by atoms with Gasteiger partial charge in [0.05, 0.1) is 11.6 Å². The minimum atomic E-state index is 0.145. The Labute approximate surface area is 98.9 Å². The molecule has 82 valence electrons. The number of ether oxygens (including phenoxy) is 1. The molecular formula is C12H16BrNO. The molecule has 15 heavy (non-hydrogen) atoms. The van der Waals surface area contributed by atoms with Crippen LogP contribution in [-0.2, 0) is 6.42 Å². The first-order valence-corrected chi connectivity index (χ1v) is 6.04. The Morgan fingerprint density at radius 2 is 2.20 bits per heavy atom. The van der Waals surface area contributed by atoms with Crippen LogP contribution in [0.2, 0.25) is 0 Å². The molecule has 1 fully saturated rings. The Hall–Kier alpha value is -0.540. The number of hydrogen-bond acceptors (Lipinski definition) is 2. The summed E-state index contributed by atoms with van der Waals surface area (Å²) >= 11 is 3.49. The van der Waals surface area contributed by atoms with E-state index in [1.165, 1.54) is 18.4 Å². The summed E-state index contributed by atoms with van der Waals surface area (Å²) < 4.78 is 6.20. The standard InChI is InChI=1S/C12H16BrNO/c1-15-11-3-2-9(8-10(11)13)4-5-12(14)6-7-12/h2-3,8H,4-7,14H2,1H3. The van der Waals surface area contributed by atoms with Gasteiger partial charge in [0.15, 0.2) is 0 Å². The van der Waals surface area contributed by atoms with E-state index < -0.39 is 0 Å². The number of rotatable bonds is 4. The van der Waals surface area contributed by atoms with Crippen molar-refractivity contribution in [3.05, 3.63) is 28.2 Å². The van der Waals surface area contributed by atoms with Gasteiger partial charge in [-0.1, -0.05) is 6.07 Å². The molecule has 0 unspecified atom stereocenters. The van der Waals surface area contributed by atoms with Crippen LogP contribution in [0.1, 0.15) is 24.8 Å². The van der Waals surface area contributed by atoms with Gasteiger partial charge in [-0.3, -0.25) is 0 Å². The predicted molar refractivity (Wildman–Crippen MR) is 65.2 cm³/mol. The second kappa shape index (κ2) is 4.14. The van der Waals surface area contributed by atoms with Crippen molar-refractivity contribution in [1.29, 1.82) is 0 Å². The fraction of sp³-hybridized carbons (Fsp3) is 0.500. The maximum absolute atomic E-state index is 6.05. The molecular weight excluding hydrogens is 254 g/mol. The third-order valence-electron chi connectivity index (χ3n) is 3.02. The maximum Gasteiger partial charge on any atom is 0.133 e. The largest absolute Gasteiger partial charge is 0.496 e. The Kier molecular flexibility index (Phi) is 3.03. The molecule has 2 N–H and O–H groups in total. The first-order chi connectivity index (χ1) is 7.13. The van der Waals surface area contributed by atoms with E-state index in [0.29, 0.717) is 0 Å². The second-order valence-corrected chi connectivity index (χ2v) is 5.19. The Morgan fingerprint density at radius 1 is 1.47 bits per heavy atom. The van der Waals surface area contributed by atoms with E-state index in [-0.39, 0.29) is 5.54 Å². The summed E-state index contributed by atoms with van der Waals surface area (Å²) in [4.78, 5) is 0. The van der Waals surface area contributed by atoms with Crippen LogP contribution >= 0.6 is 15.9 Å². The van der Waals surface area contributed by atoms with Gasteiger partial charge in [0.1, 0.15) is 5.75 Å². The van der Waals surface area contributed by atoms with Gasteiger partial charge in [-0.05, 0) is 59.3 Å². The Balaban J connectivity index is 1.99. The van der Waals surface area contributed by atoms with E-state index in [4.69, 9.17) is 10.5 Å². The van der Waals surface area contributed by atoms with E-state index >= 15 is 0 Å². The molecule has 0 heterocycles. The second-order valence-electron chi connectivity index (χ2n) is 4.33. The Morgan fingerprint density at radius 3 is 2.73 bits per heavy atom. The zero-order valence-corrected chi connectivity index (χ0v) is 10.5. The number of halogens is 1. The quantitative estimate of drug-likeness (QED) is 0.913. The normalized spacial score (nSPS) is 17.5. The van der Waals surface area contributed by atoms with Crippen LogP contribution in [0, 0.1) is 0 Å². The van der Waals surface area contributed by atoms with Crippen LogP contribution < -0.4 is 10.5 Å². The van der Waals surface area contributed by atoms with Gasteiger partial charge in [0, 0.05) is 5.54 Å². The van der Waals surface area contributed by atoms with Crippen molar-refractivity contribution in [3.8, 4) is 5.75 Å². The van der Waals surface area contributed by atoms with Gasteiger partial charge >= 0.3 is 0 Å². The van der Waals surface area contributed by atoms with E-state index in [1.807, 2.05) is 6.07 Å². The molecule has 1 aliphatic carbocycles. The minimum Gasteiger partial charge on any atom is -0.496 e. The van der Waals surface area contributed by atoms with Crippen molar-refractivity contribution in [3.63, 3.8) is 0 Å². The summed E-state index contributed by atoms with van der Waals surface area (Å²) in [6.45, 7) is 0. The van der Waals surface area contributed by atoms with Gasteiger partial charge in [-0.25, -0.2) is 0 Å². The van der Waals surface area contributed by atoms with Crippen molar-refractivity contribution in [1.82, 2.24) is 0 Å². The fourth-order valence-corrected chi connectivity index (χ4v) is 2.26. The lowest BCUT2D eigenvalue weighted by molar-refractivity contribution is 0.412. The summed E-state index contributed by atoms with van der Waals surface area (Å²) in [5, 5.41) is 0. The van der Waals surface area contributed by atoms with Crippen LogP contribution in [0.15, 0.2) is 22.7 Å². The highest BCUT2D eigenvalue weighted by Gasteiger charge is 2.37. The first-order valence-electron chi connectivity index (χ1n) is 5.24. The van der Waals surface area contributed by atoms with Gasteiger partial charge < -0.3 is 10.5 Å². The smallest absolute Gasteiger partial charge is 0.133 e. The van der Waals surface area contributed by atoms with E-state index in [0.717, 1.165) is 23.1 Å². The van der Waals surface area contributed by atoms with Crippen molar-refractivity contribution in [2.24, 2.45) is 5.73 Å². The lowest BCUT2D eigenvalue weighted by Crippen LogP contribution is -2.22. The summed E-state index contributed by atoms with van der Waals surface area (Å²) in [6, 6.07) is 6.22. The molecule has 0 aliphatic heterocycles. The minimum absolute atomic E-state index is 0.145. The van der Waals surface area contributed by atoms with Crippen molar-refractivity contribution < 1.29 is 4.74 Å². The molecule has 1 saturated carbocycles. The molecule has 0 bridgehead atoms. The van der Waals surface area contributed by atoms with Crippen LogP contribution in [0.4, 0.5) is 0 Å². The molecule has 1 aliphatic rings. The number of methoxy groups -OCH3 is 1. The SMILES string of the molecule is COc1ccc(CCC2(N)CC2)cc1Br. The third kappa shape index (κ3) is 2.73. The molecule has 2 rings (SSSR count). The zero-order chi connectivity index (χ0) is 10.9. The summed E-state index contributed by atoms with van der Waals surface area (Å²) in [7, 11) is 1.68. The van der Waals surface area contributed by atoms with Gasteiger partial charge in [0.2, 0.25) is 0 Å². The van der Waals surface area contributed by atoms with Crippen LogP contribution in [0.25, 0.3) is 0 Å². The first kappa shape index (κ1) is 11.0. The topological polar surface area (TPSA) is 35.2 Å². The molecule has 1 aromatic carbocycles. The van der Waals surface area contributed by atoms with E-state index in [9.17, 15) is 0 Å². The van der Waals surface area contributed by atoms with Crippen molar-refractivity contribution >= 4 is 15.9 Å². The van der Waals surface area contributed by atoms with Gasteiger partial charge in [-0.2, -0.15) is 0 Å². The highest BCUT2D eigenvalue weighted by atomic mass is 79.9. The van der Waals surface area contributed by atoms with Gasteiger partial charge in [0.25, 0.3) is 0 Å². The summed E-state index contributed by atoms with van der Waals surface area (Å²) in [6.07, 6.45) is 4.51. The lowest BCUT2D eigenvalue weighted by Gasteiger charge is -2.09. The van der Waals surface area contributed by atoms with E-state index in [2.05, 4.69) is 28.1 Å². The molecule has 3 heteroatoms. The summed E-state index contributed by atoms with van der Waals surface area (Å²) in [5.74, 6) is 0.882. The lowest BCUT2D eigenvalue weighted by atomic mass is 10.0. The highest BCUT2D eigenvalue weighted by molar-refractivity contribution is 9.10. The van der Waals surface area contributed by atoms with Crippen molar-refractivity contribution in [2.75, 3.05) is 7.11 Å². The summed E-state index contributed by atoms with van der Waals surface area (Å²) in [5.41, 5.74) is 7.52. The zero-order valence-electron chi connectivity index (χ0n) is 8.92. The van der Waals surface area contributed by atoms with Crippen LogP contribution in [0.5, 0.6) is 5.75 Å². The Bertz CT molecular complexity index is 361. The molecule has 0 radical (unpaired) electrons. The van der Waals surface area contributed by atoms with Crippen molar-refractivity contribution in [2.45, 2.75) is 31.2 Å². The van der Waals surface area contributed by atoms with Crippen LogP contribution in [-0.4, -0.2) is 12.6 Å². The molecule has 2 nitrogen and oxygen atoms in total. The monoisotopic (exact) mass is 269 g/mol. The molecule has 0 atom stereocenters. The van der Waals surface area contributed by atoms with Crippen LogP contribution in [0.3, 0.4) is 0 Å². The molecule has 0 saturated heterocycles. The molecule has 0 aromatic heterocycles. The molecule has 1 aromatic rings. The van der Waals surface area contributed by atoms with E-state index in [1.54, 1.807) is 7.11 Å². The maximum atomic E-state index is 6.05. The average Bonchev–Trinajstić information content (AvgIpc) is 2.95. The highest BCUT2D eigenvalue weighted by Crippen LogP contribution is 2.37. The predicted octanol–water partition coefficient (Wildman–Crippen LogP) is 2.88. The number of aryl methyl sites for hydroxylation is 1. The average molecular weight is 270 g/mol. The molecule has 0 amide bonds. The molecule has 0 spiro atoms. The number of hydrogen-bond donors (Lipinski definition) is 1. The number of benzene rings is 1. The number of nitrogens with two attached hydrogens (primary N) is 1. The third-order valence-corrected chi connectivity index (χ3v) is 3.64. The van der Waals surface area contributed by atoms with Gasteiger partial charge in [-0.15, -0.1) is 0 Å².